The molecule has 0 saturated carbocycles. The van der Waals surface area contributed by atoms with E-state index in [1.165, 1.54) is 6.08 Å². The van der Waals surface area contributed by atoms with Gasteiger partial charge in [0.05, 0.1) is 18.8 Å². The zero-order chi connectivity index (χ0) is 13.4. The Morgan fingerprint density at radius 2 is 2.06 bits per heavy atom. The molecule has 0 aliphatic rings. The first-order valence-corrected chi connectivity index (χ1v) is 5.73. The number of hydrogen-bond acceptors (Lipinski definition) is 4. The third-order valence-corrected chi connectivity index (χ3v) is 2.15. The van der Waals surface area contributed by atoms with Gasteiger partial charge in [-0.05, 0) is 26.0 Å². The molecule has 0 bridgehead atoms. The minimum Gasteiger partial charge on any atom is -0.493 e. The number of nitriles is 1. The zero-order valence-corrected chi connectivity index (χ0v) is 10.5. The van der Waals surface area contributed by atoms with Gasteiger partial charge in [0.2, 0.25) is 0 Å². The predicted octanol–water partition coefficient (Wildman–Crippen LogP) is 2.56. The fourth-order valence-corrected chi connectivity index (χ4v) is 1.44. The summed E-state index contributed by atoms with van der Waals surface area (Å²) in [7, 11) is 0. The first-order chi connectivity index (χ1) is 8.72. The van der Waals surface area contributed by atoms with Crippen molar-refractivity contribution in [3.05, 3.63) is 35.9 Å². The Kier molecular flexibility index (Phi) is 5.46. The number of benzene rings is 1. The second-order valence-corrected chi connectivity index (χ2v) is 3.35. The summed E-state index contributed by atoms with van der Waals surface area (Å²) in [4.78, 5) is 11.4. The second-order valence-electron chi connectivity index (χ2n) is 3.35. The van der Waals surface area contributed by atoms with Crippen molar-refractivity contribution in [2.45, 2.75) is 13.8 Å². The molecular weight excluding hydrogens is 230 g/mol. The van der Waals surface area contributed by atoms with Crippen LogP contribution in [0.3, 0.4) is 0 Å². The quantitative estimate of drug-likeness (QED) is 0.454. The van der Waals surface area contributed by atoms with Gasteiger partial charge in [-0.25, -0.2) is 4.79 Å². The molecule has 0 radical (unpaired) electrons. The predicted molar refractivity (Wildman–Crippen MR) is 67.8 cm³/mol. The molecule has 4 heteroatoms. The van der Waals surface area contributed by atoms with Crippen LogP contribution in [0.2, 0.25) is 0 Å². The van der Waals surface area contributed by atoms with Crippen molar-refractivity contribution in [1.82, 2.24) is 0 Å². The number of rotatable bonds is 5. The number of hydrogen-bond donors (Lipinski definition) is 0. The molecule has 0 amide bonds. The highest BCUT2D eigenvalue weighted by atomic mass is 16.5. The normalized spacial score (nSPS) is 10.6. The van der Waals surface area contributed by atoms with Gasteiger partial charge in [0.1, 0.15) is 11.8 Å². The fourth-order valence-electron chi connectivity index (χ4n) is 1.44. The molecule has 0 atom stereocenters. The Morgan fingerprint density at radius 3 is 2.67 bits per heavy atom. The Balaban J connectivity index is 3.09. The highest BCUT2D eigenvalue weighted by Gasteiger charge is 2.10. The summed E-state index contributed by atoms with van der Waals surface area (Å²) in [5.74, 6) is 0.0532. The van der Waals surface area contributed by atoms with Crippen LogP contribution in [0.15, 0.2) is 30.3 Å². The molecule has 0 heterocycles. The average Bonchev–Trinajstić information content (AvgIpc) is 2.37. The first kappa shape index (κ1) is 13.8. The molecule has 18 heavy (non-hydrogen) atoms. The lowest BCUT2D eigenvalue weighted by Crippen LogP contribution is -2.01. The van der Waals surface area contributed by atoms with E-state index in [-0.39, 0.29) is 12.2 Å². The molecule has 0 unspecified atom stereocenters. The summed E-state index contributed by atoms with van der Waals surface area (Å²) in [5.41, 5.74) is 0.826. The van der Waals surface area contributed by atoms with Crippen LogP contribution >= 0.6 is 0 Å². The Bertz CT molecular complexity index is 486. The van der Waals surface area contributed by atoms with Crippen molar-refractivity contribution >= 4 is 11.5 Å². The van der Waals surface area contributed by atoms with Crippen LogP contribution in [-0.4, -0.2) is 19.2 Å². The smallest absolute Gasteiger partial charge is 0.332 e. The van der Waals surface area contributed by atoms with E-state index in [1.807, 2.05) is 19.1 Å². The number of nitrogens with zero attached hydrogens (tertiary/aromatic N) is 1. The molecular formula is C14H15NO3. The molecule has 1 aromatic rings. The number of carbonyl (C=O) groups excluding carboxylic acids is 1. The number of para-hydroxylation sites is 1. The summed E-state index contributed by atoms with van der Waals surface area (Å²) in [5, 5.41) is 9.11. The van der Waals surface area contributed by atoms with Gasteiger partial charge in [0, 0.05) is 11.6 Å². The number of carbonyl (C=O) groups is 1. The van der Waals surface area contributed by atoms with E-state index >= 15 is 0 Å². The number of allylic oxidation sites excluding steroid dienone is 1. The molecule has 0 aromatic heterocycles. The van der Waals surface area contributed by atoms with Gasteiger partial charge >= 0.3 is 5.97 Å². The van der Waals surface area contributed by atoms with Crippen LogP contribution in [-0.2, 0) is 9.53 Å². The van der Waals surface area contributed by atoms with Gasteiger partial charge in [-0.3, -0.25) is 0 Å². The molecule has 0 saturated heterocycles. The molecule has 0 aliphatic heterocycles. The van der Waals surface area contributed by atoms with E-state index in [0.717, 1.165) is 0 Å². The van der Waals surface area contributed by atoms with Gasteiger partial charge in [0.15, 0.2) is 0 Å². The summed E-state index contributed by atoms with van der Waals surface area (Å²) in [6.07, 6.45) is 1.18. The van der Waals surface area contributed by atoms with Crippen molar-refractivity contribution in [1.29, 1.82) is 5.26 Å². The van der Waals surface area contributed by atoms with E-state index in [2.05, 4.69) is 0 Å². The molecule has 0 fully saturated rings. The van der Waals surface area contributed by atoms with Gasteiger partial charge in [-0.2, -0.15) is 5.26 Å². The van der Waals surface area contributed by atoms with Crippen LogP contribution in [0.1, 0.15) is 19.4 Å². The van der Waals surface area contributed by atoms with Crippen LogP contribution < -0.4 is 4.74 Å². The third kappa shape index (κ3) is 3.63. The highest BCUT2D eigenvalue weighted by molar-refractivity contribution is 5.96. The van der Waals surface area contributed by atoms with Crippen LogP contribution in [0.4, 0.5) is 0 Å². The summed E-state index contributed by atoms with van der Waals surface area (Å²) >= 11 is 0. The lowest BCUT2D eigenvalue weighted by molar-refractivity contribution is -0.137. The van der Waals surface area contributed by atoms with Crippen molar-refractivity contribution in [2.75, 3.05) is 13.2 Å². The van der Waals surface area contributed by atoms with Crippen molar-refractivity contribution in [2.24, 2.45) is 0 Å². The molecule has 94 valence electrons. The maximum atomic E-state index is 11.4. The highest BCUT2D eigenvalue weighted by Crippen LogP contribution is 2.25. The van der Waals surface area contributed by atoms with E-state index in [0.29, 0.717) is 17.9 Å². The zero-order valence-electron chi connectivity index (χ0n) is 10.5. The monoisotopic (exact) mass is 245 g/mol. The van der Waals surface area contributed by atoms with Gasteiger partial charge < -0.3 is 9.47 Å². The third-order valence-electron chi connectivity index (χ3n) is 2.15. The van der Waals surface area contributed by atoms with E-state index in [1.54, 1.807) is 25.1 Å². The Labute approximate surface area is 106 Å². The van der Waals surface area contributed by atoms with Crippen molar-refractivity contribution in [3.63, 3.8) is 0 Å². The van der Waals surface area contributed by atoms with E-state index < -0.39 is 5.97 Å². The van der Waals surface area contributed by atoms with Gasteiger partial charge in [-0.15, -0.1) is 0 Å². The summed E-state index contributed by atoms with van der Waals surface area (Å²) < 4.78 is 10.2. The van der Waals surface area contributed by atoms with Crippen molar-refractivity contribution in [3.8, 4) is 11.8 Å². The minimum absolute atomic E-state index is 0.234. The fraction of sp³-hybridized carbons (Fsp3) is 0.286. The van der Waals surface area contributed by atoms with Crippen molar-refractivity contribution < 1.29 is 14.3 Å². The molecule has 0 N–H and O–H groups in total. The number of esters is 1. The molecule has 0 aliphatic carbocycles. The minimum atomic E-state index is -0.527. The maximum absolute atomic E-state index is 11.4. The van der Waals surface area contributed by atoms with Crippen LogP contribution in [0.5, 0.6) is 5.75 Å². The summed E-state index contributed by atoms with van der Waals surface area (Å²) in [6.45, 7) is 4.35. The molecule has 1 aromatic carbocycles. The SMILES string of the molecule is CCOC(=O)C=C(C#N)c1ccccc1OCC. The van der Waals surface area contributed by atoms with Crippen LogP contribution in [0, 0.1) is 11.3 Å². The lowest BCUT2D eigenvalue weighted by Gasteiger charge is -2.08. The molecule has 1 rings (SSSR count). The topological polar surface area (TPSA) is 59.3 Å². The lowest BCUT2D eigenvalue weighted by atomic mass is 10.1. The van der Waals surface area contributed by atoms with Gasteiger partial charge in [0.25, 0.3) is 0 Å². The Morgan fingerprint density at radius 1 is 1.33 bits per heavy atom. The average molecular weight is 245 g/mol. The van der Waals surface area contributed by atoms with Crippen LogP contribution in [0.25, 0.3) is 5.57 Å². The van der Waals surface area contributed by atoms with Gasteiger partial charge in [-0.1, -0.05) is 12.1 Å². The molecule has 4 nitrogen and oxygen atoms in total. The Hall–Kier alpha value is -2.28. The first-order valence-electron chi connectivity index (χ1n) is 5.73. The maximum Gasteiger partial charge on any atom is 0.332 e. The summed E-state index contributed by atoms with van der Waals surface area (Å²) in [6, 6.07) is 9.08. The second kappa shape index (κ2) is 7.13. The largest absolute Gasteiger partial charge is 0.493 e. The van der Waals surface area contributed by atoms with E-state index in [4.69, 9.17) is 14.7 Å². The standard InChI is InChI=1S/C14H15NO3/c1-3-17-13-8-6-5-7-12(13)11(10-15)9-14(16)18-4-2/h5-9H,3-4H2,1-2H3. The number of ether oxygens (including phenoxy) is 2. The van der Waals surface area contributed by atoms with E-state index in [9.17, 15) is 4.79 Å². The molecule has 0 spiro atoms.